The Bertz CT molecular complexity index is 490. The molecule has 1 heterocycles. The molecule has 1 fully saturated rings. The normalized spacial score (nSPS) is 18.1. The van der Waals surface area contributed by atoms with Crippen molar-refractivity contribution in [1.82, 2.24) is 5.32 Å². The number of nitrogens with one attached hydrogen (secondary N) is 2. The molecule has 0 unspecified atom stereocenters. The lowest BCUT2D eigenvalue weighted by molar-refractivity contribution is -0.858. The zero-order valence-corrected chi connectivity index (χ0v) is 12.5. The number of quaternary nitrogens is 1. The molecule has 0 saturated carbocycles. The number of ether oxygens (including phenoxy) is 1. The molecule has 0 spiro atoms. The molecule has 1 aliphatic heterocycles. The fourth-order valence-electron chi connectivity index (χ4n) is 2.22. The fourth-order valence-corrected chi connectivity index (χ4v) is 2.22. The Morgan fingerprint density at radius 3 is 2.76 bits per heavy atom. The summed E-state index contributed by atoms with van der Waals surface area (Å²) in [4.78, 5) is 26.6. The number of anilines is 1. The molecule has 0 aliphatic carbocycles. The first-order valence-electron chi connectivity index (χ1n) is 7.14. The van der Waals surface area contributed by atoms with Gasteiger partial charge in [-0.25, -0.2) is 4.79 Å². The van der Waals surface area contributed by atoms with Crippen LogP contribution in [0.15, 0.2) is 30.3 Å². The molecule has 0 bridgehead atoms. The molecule has 1 saturated heterocycles. The van der Waals surface area contributed by atoms with E-state index >= 15 is 0 Å². The molecule has 6 nitrogen and oxygen atoms in total. The minimum atomic E-state index is -0.455. The highest BCUT2D eigenvalue weighted by atomic mass is 16.5. The number of para-hydroxylation sites is 1. The number of amides is 2. The van der Waals surface area contributed by atoms with Crippen molar-refractivity contribution in [2.24, 2.45) is 0 Å². The quantitative estimate of drug-likeness (QED) is 0.781. The van der Waals surface area contributed by atoms with E-state index in [1.54, 1.807) is 4.90 Å². The summed E-state index contributed by atoms with van der Waals surface area (Å²) in [6.45, 7) is 1.61. The molecule has 2 amide bonds. The predicted octanol–water partition coefficient (Wildman–Crippen LogP) is -0.337. The lowest BCUT2D eigenvalue weighted by Gasteiger charge is -2.17. The second-order valence-corrected chi connectivity index (χ2v) is 5.48. The van der Waals surface area contributed by atoms with Gasteiger partial charge in [0, 0.05) is 18.7 Å². The molecule has 1 aromatic carbocycles. The van der Waals surface area contributed by atoms with Crippen LogP contribution in [0, 0.1) is 0 Å². The van der Waals surface area contributed by atoms with Gasteiger partial charge in [0.15, 0.2) is 0 Å². The largest absolute Gasteiger partial charge is 0.444 e. The van der Waals surface area contributed by atoms with Crippen LogP contribution in [-0.4, -0.2) is 51.8 Å². The van der Waals surface area contributed by atoms with Crippen LogP contribution in [0.3, 0.4) is 0 Å². The van der Waals surface area contributed by atoms with Gasteiger partial charge < -0.3 is 19.9 Å². The summed E-state index contributed by atoms with van der Waals surface area (Å²) in [6.07, 6.45) is -0.146. The van der Waals surface area contributed by atoms with Crippen molar-refractivity contribution in [3.63, 3.8) is 0 Å². The summed E-state index contributed by atoms with van der Waals surface area (Å²) in [5, 5.41) is 2.75. The lowest BCUT2D eigenvalue weighted by atomic mass is 10.3. The van der Waals surface area contributed by atoms with Gasteiger partial charge in [-0.2, -0.15) is 0 Å². The van der Waals surface area contributed by atoms with Gasteiger partial charge >= 0.3 is 6.09 Å². The van der Waals surface area contributed by atoms with Crippen LogP contribution in [0.4, 0.5) is 10.5 Å². The van der Waals surface area contributed by atoms with Crippen LogP contribution < -0.4 is 15.1 Å². The monoisotopic (exact) mass is 292 g/mol. The minimum Gasteiger partial charge on any atom is -0.444 e. The van der Waals surface area contributed by atoms with Gasteiger partial charge in [-0.15, -0.1) is 0 Å². The van der Waals surface area contributed by atoms with Crippen molar-refractivity contribution in [1.29, 1.82) is 0 Å². The zero-order chi connectivity index (χ0) is 15.2. The number of hydrogen-bond donors (Lipinski definition) is 2. The number of carbonyl (C=O) groups is 2. The van der Waals surface area contributed by atoms with Crippen molar-refractivity contribution in [3.8, 4) is 0 Å². The van der Waals surface area contributed by atoms with Crippen LogP contribution >= 0.6 is 0 Å². The highest BCUT2D eigenvalue weighted by Crippen LogP contribution is 2.20. The number of alkyl carbamates (subject to hydrolysis) is 1. The van der Waals surface area contributed by atoms with Gasteiger partial charge in [0.1, 0.15) is 13.2 Å². The number of hydrogen-bond acceptors (Lipinski definition) is 3. The molecule has 0 aromatic heterocycles. The maximum atomic E-state index is 12.0. The van der Waals surface area contributed by atoms with Gasteiger partial charge in [-0.3, -0.25) is 4.79 Å². The maximum Gasteiger partial charge on any atom is 0.407 e. The smallest absolute Gasteiger partial charge is 0.407 e. The third kappa shape index (κ3) is 4.46. The standard InChI is InChI=1S/C15H21N3O3/c1-17(2)8-9-21-15(20)16-12-10-14(19)18(11-12)13-6-4-3-5-7-13/h3-7,12H,8-11H2,1-2H3,(H,16,20)/p+1/t12-/m0/s1. The molecule has 1 aliphatic rings. The van der Waals surface area contributed by atoms with Crippen molar-refractivity contribution in [2.45, 2.75) is 12.5 Å². The molecule has 0 radical (unpaired) electrons. The van der Waals surface area contributed by atoms with E-state index in [1.165, 1.54) is 4.90 Å². The molecular formula is C15H22N3O3+. The average Bonchev–Trinajstić information content (AvgIpc) is 2.80. The van der Waals surface area contributed by atoms with Crippen molar-refractivity contribution < 1.29 is 19.2 Å². The topological polar surface area (TPSA) is 63.1 Å². The van der Waals surface area contributed by atoms with Gasteiger partial charge in [0.2, 0.25) is 5.91 Å². The second-order valence-electron chi connectivity index (χ2n) is 5.48. The molecule has 1 aromatic rings. The Labute approximate surface area is 124 Å². The number of likely N-dealkylation sites (N-methyl/N-ethyl adjacent to an activating group) is 1. The van der Waals surface area contributed by atoms with Crippen molar-refractivity contribution >= 4 is 17.7 Å². The molecule has 114 valence electrons. The Kier molecular flexibility index (Phi) is 5.16. The second kappa shape index (κ2) is 7.08. The summed E-state index contributed by atoms with van der Waals surface area (Å²) < 4.78 is 5.09. The highest BCUT2D eigenvalue weighted by molar-refractivity contribution is 5.96. The third-order valence-corrected chi connectivity index (χ3v) is 3.35. The lowest BCUT2D eigenvalue weighted by Crippen LogP contribution is -3.06. The maximum absolute atomic E-state index is 12.0. The highest BCUT2D eigenvalue weighted by Gasteiger charge is 2.31. The van der Waals surface area contributed by atoms with E-state index in [-0.39, 0.29) is 11.9 Å². The van der Waals surface area contributed by atoms with Crippen LogP contribution in [-0.2, 0) is 9.53 Å². The summed E-state index contributed by atoms with van der Waals surface area (Å²) in [7, 11) is 3.99. The summed E-state index contributed by atoms with van der Waals surface area (Å²) in [5.74, 6) is 0.0178. The number of benzene rings is 1. The summed E-state index contributed by atoms with van der Waals surface area (Å²) in [5.41, 5.74) is 0.858. The van der Waals surface area contributed by atoms with E-state index in [1.807, 2.05) is 44.4 Å². The summed E-state index contributed by atoms with van der Waals surface area (Å²) >= 11 is 0. The molecule has 2 N–H and O–H groups in total. The molecule has 2 rings (SSSR count). The van der Waals surface area contributed by atoms with E-state index in [0.29, 0.717) is 19.6 Å². The van der Waals surface area contributed by atoms with Crippen LogP contribution in [0.25, 0.3) is 0 Å². The van der Waals surface area contributed by atoms with Crippen molar-refractivity contribution in [2.75, 3.05) is 38.7 Å². The van der Waals surface area contributed by atoms with Gasteiger partial charge in [0.25, 0.3) is 0 Å². The van der Waals surface area contributed by atoms with Gasteiger partial charge in [-0.1, -0.05) is 18.2 Å². The molecule has 1 atom stereocenters. The first-order chi connectivity index (χ1) is 10.1. The van der Waals surface area contributed by atoms with Crippen molar-refractivity contribution in [3.05, 3.63) is 30.3 Å². The minimum absolute atomic E-state index is 0.0178. The van der Waals surface area contributed by atoms with Crippen LogP contribution in [0.2, 0.25) is 0 Å². The van der Waals surface area contributed by atoms with Gasteiger partial charge in [-0.05, 0) is 12.1 Å². The first-order valence-corrected chi connectivity index (χ1v) is 7.14. The van der Waals surface area contributed by atoms with Crippen LogP contribution in [0.1, 0.15) is 6.42 Å². The molecule has 6 heteroatoms. The first kappa shape index (κ1) is 15.3. The Morgan fingerprint density at radius 1 is 1.38 bits per heavy atom. The Morgan fingerprint density at radius 2 is 2.10 bits per heavy atom. The molecule has 21 heavy (non-hydrogen) atoms. The van der Waals surface area contributed by atoms with E-state index in [9.17, 15) is 9.59 Å². The summed E-state index contributed by atoms with van der Waals surface area (Å²) in [6, 6.07) is 9.26. The molecular weight excluding hydrogens is 270 g/mol. The number of rotatable bonds is 5. The predicted molar refractivity (Wildman–Crippen MR) is 79.4 cm³/mol. The zero-order valence-electron chi connectivity index (χ0n) is 12.5. The van der Waals surface area contributed by atoms with E-state index in [4.69, 9.17) is 4.74 Å². The third-order valence-electron chi connectivity index (χ3n) is 3.35. The van der Waals surface area contributed by atoms with Crippen LogP contribution in [0.5, 0.6) is 0 Å². The SMILES string of the molecule is C[NH+](C)CCOC(=O)N[C@H]1CC(=O)N(c2ccccc2)C1. The van der Waals surface area contributed by atoms with E-state index < -0.39 is 6.09 Å². The number of carbonyl (C=O) groups excluding carboxylic acids is 2. The Balaban J connectivity index is 1.81. The van der Waals surface area contributed by atoms with Gasteiger partial charge in [0.05, 0.1) is 20.1 Å². The van der Waals surface area contributed by atoms with E-state index in [2.05, 4.69) is 5.32 Å². The average molecular weight is 292 g/mol. The van der Waals surface area contributed by atoms with E-state index in [0.717, 1.165) is 12.2 Å². The fraction of sp³-hybridized carbons (Fsp3) is 0.467. The Hall–Kier alpha value is -2.08. The number of nitrogens with zero attached hydrogens (tertiary/aromatic N) is 1.